The molecule has 0 aliphatic rings. The SMILES string of the molecule is CC(C)COC(=O)/C(C#N)=C/c1ccc(-c2cccc(C(F)(F)F)c2)o1. The van der Waals surface area contributed by atoms with E-state index in [2.05, 4.69) is 0 Å². The Morgan fingerprint density at radius 2 is 2.04 bits per heavy atom. The number of carbonyl (C=O) groups excluding carboxylic acids is 1. The molecule has 136 valence electrons. The third kappa shape index (κ3) is 4.99. The first-order valence-electron chi connectivity index (χ1n) is 7.77. The average Bonchev–Trinajstić information content (AvgIpc) is 3.05. The van der Waals surface area contributed by atoms with Crippen molar-refractivity contribution in [3.63, 3.8) is 0 Å². The van der Waals surface area contributed by atoms with E-state index in [0.29, 0.717) is 0 Å². The third-order valence-corrected chi connectivity index (χ3v) is 3.28. The van der Waals surface area contributed by atoms with Crippen LogP contribution in [0.2, 0.25) is 0 Å². The van der Waals surface area contributed by atoms with E-state index in [1.165, 1.54) is 30.3 Å². The Labute approximate surface area is 148 Å². The lowest BCUT2D eigenvalue weighted by molar-refractivity contribution is -0.139. The smallest absolute Gasteiger partial charge is 0.416 e. The van der Waals surface area contributed by atoms with Gasteiger partial charge < -0.3 is 9.15 Å². The standard InChI is InChI=1S/C19H16F3NO3/c1-12(2)11-25-18(24)14(10-23)9-16-6-7-17(26-16)13-4-3-5-15(8-13)19(20,21)22/h3-9,12H,11H2,1-2H3/b14-9+. The number of nitriles is 1. The molecule has 0 fully saturated rings. The Balaban J connectivity index is 2.24. The van der Waals surface area contributed by atoms with Gasteiger partial charge in [0.1, 0.15) is 23.2 Å². The molecule has 26 heavy (non-hydrogen) atoms. The van der Waals surface area contributed by atoms with Crippen LogP contribution in [0.5, 0.6) is 0 Å². The highest BCUT2D eigenvalue weighted by Gasteiger charge is 2.30. The molecule has 0 atom stereocenters. The van der Waals surface area contributed by atoms with Crippen molar-refractivity contribution in [3.05, 3.63) is 53.3 Å². The molecule has 1 aromatic carbocycles. The zero-order valence-corrected chi connectivity index (χ0v) is 14.1. The van der Waals surface area contributed by atoms with E-state index < -0.39 is 17.7 Å². The van der Waals surface area contributed by atoms with Crippen LogP contribution in [0, 0.1) is 17.2 Å². The summed E-state index contributed by atoms with van der Waals surface area (Å²) in [6.45, 7) is 3.89. The number of rotatable bonds is 5. The van der Waals surface area contributed by atoms with Crippen molar-refractivity contribution in [2.75, 3.05) is 6.61 Å². The summed E-state index contributed by atoms with van der Waals surface area (Å²) in [7, 11) is 0. The Hall–Kier alpha value is -3.01. The van der Waals surface area contributed by atoms with Gasteiger partial charge in [-0.3, -0.25) is 0 Å². The number of hydrogen-bond donors (Lipinski definition) is 0. The molecule has 1 aromatic heterocycles. The van der Waals surface area contributed by atoms with Gasteiger partial charge in [0, 0.05) is 11.6 Å². The fourth-order valence-electron chi connectivity index (χ4n) is 2.03. The molecule has 0 N–H and O–H groups in total. The predicted molar refractivity (Wildman–Crippen MR) is 88.5 cm³/mol. The first kappa shape index (κ1) is 19.3. The van der Waals surface area contributed by atoms with Crippen LogP contribution in [-0.2, 0) is 15.7 Å². The largest absolute Gasteiger partial charge is 0.461 e. The molecule has 0 saturated heterocycles. The summed E-state index contributed by atoms with van der Waals surface area (Å²) in [5.41, 5.74) is -0.811. The van der Waals surface area contributed by atoms with Gasteiger partial charge in [-0.05, 0) is 30.2 Å². The highest BCUT2D eigenvalue weighted by atomic mass is 19.4. The van der Waals surface area contributed by atoms with Crippen LogP contribution in [0.1, 0.15) is 25.2 Å². The summed E-state index contributed by atoms with van der Waals surface area (Å²) in [5.74, 6) is -0.307. The molecule has 4 nitrogen and oxygen atoms in total. The van der Waals surface area contributed by atoms with Crippen LogP contribution in [0.15, 0.2) is 46.4 Å². The maximum atomic E-state index is 12.8. The summed E-state index contributed by atoms with van der Waals surface area (Å²) in [5, 5.41) is 9.09. The van der Waals surface area contributed by atoms with Gasteiger partial charge in [0.25, 0.3) is 0 Å². The van der Waals surface area contributed by atoms with Gasteiger partial charge in [0.15, 0.2) is 0 Å². The van der Waals surface area contributed by atoms with Crippen molar-refractivity contribution in [2.24, 2.45) is 5.92 Å². The van der Waals surface area contributed by atoms with Crippen LogP contribution in [0.3, 0.4) is 0 Å². The molecule has 0 bridgehead atoms. The van der Waals surface area contributed by atoms with Crippen molar-refractivity contribution >= 4 is 12.0 Å². The van der Waals surface area contributed by atoms with E-state index in [-0.39, 0.29) is 35.2 Å². The fraction of sp³-hybridized carbons (Fsp3) is 0.263. The maximum absolute atomic E-state index is 12.8. The topological polar surface area (TPSA) is 63.2 Å². The molecular weight excluding hydrogens is 347 g/mol. The van der Waals surface area contributed by atoms with E-state index in [1.54, 1.807) is 6.07 Å². The molecule has 1 heterocycles. The minimum absolute atomic E-state index is 0.120. The second-order valence-corrected chi connectivity index (χ2v) is 5.94. The van der Waals surface area contributed by atoms with Crippen molar-refractivity contribution in [3.8, 4) is 17.4 Å². The van der Waals surface area contributed by atoms with Gasteiger partial charge in [-0.15, -0.1) is 0 Å². The number of hydrogen-bond acceptors (Lipinski definition) is 4. The van der Waals surface area contributed by atoms with Crippen molar-refractivity contribution in [1.29, 1.82) is 5.26 Å². The molecule has 0 unspecified atom stereocenters. The second-order valence-electron chi connectivity index (χ2n) is 5.94. The van der Waals surface area contributed by atoms with Gasteiger partial charge in [-0.25, -0.2) is 4.79 Å². The van der Waals surface area contributed by atoms with Crippen LogP contribution < -0.4 is 0 Å². The molecule has 0 saturated carbocycles. The average molecular weight is 363 g/mol. The highest BCUT2D eigenvalue weighted by molar-refractivity contribution is 5.97. The van der Waals surface area contributed by atoms with E-state index in [9.17, 15) is 18.0 Å². The highest BCUT2D eigenvalue weighted by Crippen LogP contribution is 2.32. The molecule has 0 amide bonds. The van der Waals surface area contributed by atoms with E-state index in [0.717, 1.165) is 12.1 Å². The molecule has 0 radical (unpaired) electrons. The fourth-order valence-corrected chi connectivity index (χ4v) is 2.03. The Bertz CT molecular complexity index is 857. The number of furan rings is 1. The number of halogens is 3. The van der Waals surface area contributed by atoms with Crippen molar-refractivity contribution in [1.82, 2.24) is 0 Å². The Morgan fingerprint density at radius 3 is 2.65 bits per heavy atom. The summed E-state index contributed by atoms with van der Waals surface area (Å²) in [6, 6.07) is 9.34. The quantitative estimate of drug-likeness (QED) is 0.423. The number of esters is 1. The summed E-state index contributed by atoms with van der Waals surface area (Å²) in [4.78, 5) is 11.8. The number of alkyl halides is 3. The molecular formula is C19H16F3NO3. The third-order valence-electron chi connectivity index (χ3n) is 3.28. The minimum Gasteiger partial charge on any atom is -0.461 e. The molecule has 0 spiro atoms. The molecule has 2 aromatic rings. The van der Waals surface area contributed by atoms with Crippen molar-refractivity contribution < 1.29 is 27.1 Å². The Morgan fingerprint density at radius 1 is 1.31 bits per heavy atom. The predicted octanol–water partition coefficient (Wildman–Crippen LogP) is 5.07. The zero-order chi connectivity index (χ0) is 19.3. The van der Waals surface area contributed by atoms with E-state index in [4.69, 9.17) is 14.4 Å². The van der Waals surface area contributed by atoms with Crippen LogP contribution in [0.25, 0.3) is 17.4 Å². The number of carbonyl (C=O) groups is 1. The zero-order valence-electron chi connectivity index (χ0n) is 14.1. The maximum Gasteiger partial charge on any atom is 0.416 e. The summed E-state index contributed by atoms with van der Waals surface area (Å²) < 4.78 is 48.8. The minimum atomic E-state index is -4.46. The summed E-state index contributed by atoms with van der Waals surface area (Å²) >= 11 is 0. The Kier molecular flexibility index (Phi) is 5.88. The van der Waals surface area contributed by atoms with Crippen LogP contribution in [-0.4, -0.2) is 12.6 Å². The molecule has 0 aliphatic heterocycles. The van der Waals surface area contributed by atoms with Gasteiger partial charge in [-0.1, -0.05) is 26.0 Å². The number of benzene rings is 1. The second kappa shape index (κ2) is 7.91. The lowest BCUT2D eigenvalue weighted by atomic mass is 10.1. The van der Waals surface area contributed by atoms with Crippen molar-refractivity contribution in [2.45, 2.75) is 20.0 Å². The lowest BCUT2D eigenvalue weighted by Crippen LogP contribution is -2.11. The first-order chi connectivity index (χ1) is 12.2. The van der Waals surface area contributed by atoms with E-state index in [1.807, 2.05) is 13.8 Å². The molecule has 2 rings (SSSR count). The van der Waals surface area contributed by atoms with Crippen LogP contribution >= 0.6 is 0 Å². The monoisotopic (exact) mass is 363 g/mol. The summed E-state index contributed by atoms with van der Waals surface area (Å²) in [6.07, 6.45) is -3.26. The molecule has 0 aliphatic carbocycles. The first-order valence-corrected chi connectivity index (χ1v) is 7.77. The van der Waals surface area contributed by atoms with Crippen LogP contribution in [0.4, 0.5) is 13.2 Å². The molecule has 7 heteroatoms. The van der Waals surface area contributed by atoms with E-state index >= 15 is 0 Å². The normalized spacial score (nSPS) is 12.1. The number of nitrogens with zero attached hydrogens (tertiary/aromatic N) is 1. The lowest BCUT2D eigenvalue weighted by Gasteiger charge is -2.07. The van der Waals surface area contributed by atoms with Gasteiger partial charge >= 0.3 is 12.1 Å². The van der Waals surface area contributed by atoms with Gasteiger partial charge in [0.2, 0.25) is 0 Å². The van der Waals surface area contributed by atoms with Gasteiger partial charge in [-0.2, -0.15) is 18.4 Å². The van der Waals surface area contributed by atoms with Gasteiger partial charge in [0.05, 0.1) is 12.2 Å². The number of ether oxygens (including phenoxy) is 1.